The Bertz CT molecular complexity index is 380. The first-order chi connectivity index (χ1) is 8.55. The molecule has 0 spiro atoms. The van der Waals surface area contributed by atoms with E-state index in [0.717, 1.165) is 18.8 Å². The van der Waals surface area contributed by atoms with Crippen LogP contribution in [0, 0.1) is 0 Å². The van der Waals surface area contributed by atoms with E-state index in [1.807, 2.05) is 12.1 Å². The summed E-state index contributed by atoms with van der Waals surface area (Å²) in [5.74, 6) is 0.880. The molecule has 1 aliphatic rings. The molecule has 1 fully saturated rings. The molecule has 0 aliphatic carbocycles. The van der Waals surface area contributed by atoms with E-state index in [4.69, 9.17) is 10.5 Å². The molecule has 0 aromatic heterocycles. The Morgan fingerprint density at radius 3 is 2.22 bits per heavy atom. The van der Waals surface area contributed by atoms with E-state index in [2.05, 4.69) is 30.9 Å². The highest BCUT2D eigenvalue weighted by Crippen LogP contribution is 2.32. The molecule has 0 bridgehead atoms. The van der Waals surface area contributed by atoms with Crippen LogP contribution in [0.3, 0.4) is 0 Å². The number of rotatable bonds is 4. The summed E-state index contributed by atoms with van der Waals surface area (Å²) < 4.78 is 5.18. The summed E-state index contributed by atoms with van der Waals surface area (Å²) in [5, 5.41) is 0. The maximum atomic E-state index is 6.46. The number of nitrogens with zero attached hydrogens (tertiary/aromatic N) is 1. The first-order valence-corrected chi connectivity index (χ1v) is 6.70. The van der Waals surface area contributed by atoms with Gasteiger partial charge >= 0.3 is 0 Å². The second-order valence-electron chi connectivity index (χ2n) is 5.60. The molecule has 0 saturated carbocycles. The number of hydrogen-bond donors (Lipinski definition) is 1. The molecule has 1 aromatic rings. The molecular weight excluding hydrogens is 224 g/mol. The van der Waals surface area contributed by atoms with Crippen molar-refractivity contribution in [1.82, 2.24) is 4.90 Å². The summed E-state index contributed by atoms with van der Waals surface area (Å²) in [6.45, 7) is 6.81. The van der Waals surface area contributed by atoms with E-state index >= 15 is 0 Å². The van der Waals surface area contributed by atoms with E-state index < -0.39 is 0 Å². The zero-order chi connectivity index (χ0) is 13.2. The van der Waals surface area contributed by atoms with Gasteiger partial charge in [-0.15, -0.1) is 0 Å². The van der Waals surface area contributed by atoms with Crippen molar-refractivity contribution in [2.24, 2.45) is 5.73 Å². The van der Waals surface area contributed by atoms with Crippen molar-refractivity contribution in [3.05, 3.63) is 29.8 Å². The van der Waals surface area contributed by atoms with Crippen LogP contribution >= 0.6 is 0 Å². The number of methoxy groups -OCH3 is 1. The summed E-state index contributed by atoms with van der Waals surface area (Å²) in [4.78, 5) is 2.50. The van der Waals surface area contributed by atoms with Gasteiger partial charge in [0.05, 0.1) is 7.11 Å². The second-order valence-corrected chi connectivity index (χ2v) is 5.60. The van der Waals surface area contributed by atoms with E-state index in [1.54, 1.807) is 7.11 Å². The fourth-order valence-electron chi connectivity index (χ4n) is 2.71. The molecule has 1 aromatic carbocycles. The SMILES string of the molecule is COc1ccc(C(N)C(C)(C)N2CCCC2)cc1. The minimum absolute atomic E-state index is 0.00505. The normalized spacial score (nSPS) is 18.9. The van der Waals surface area contributed by atoms with Crippen molar-refractivity contribution >= 4 is 0 Å². The fourth-order valence-corrected chi connectivity index (χ4v) is 2.71. The summed E-state index contributed by atoms with van der Waals surface area (Å²) in [5.41, 5.74) is 7.64. The minimum Gasteiger partial charge on any atom is -0.497 e. The summed E-state index contributed by atoms with van der Waals surface area (Å²) in [7, 11) is 1.68. The van der Waals surface area contributed by atoms with Gasteiger partial charge in [-0.1, -0.05) is 12.1 Å². The Kier molecular flexibility index (Phi) is 3.93. The predicted molar refractivity (Wildman–Crippen MR) is 74.8 cm³/mol. The van der Waals surface area contributed by atoms with Gasteiger partial charge in [-0.3, -0.25) is 4.90 Å². The highest BCUT2D eigenvalue weighted by molar-refractivity contribution is 5.30. The predicted octanol–water partition coefficient (Wildman–Crippen LogP) is 2.57. The third-order valence-electron chi connectivity index (χ3n) is 4.16. The van der Waals surface area contributed by atoms with Gasteiger partial charge in [0.1, 0.15) is 5.75 Å². The number of nitrogens with two attached hydrogens (primary N) is 1. The average Bonchev–Trinajstić information content (AvgIpc) is 2.92. The van der Waals surface area contributed by atoms with Gasteiger partial charge in [0.15, 0.2) is 0 Å². The molecule has 0 radical (unpaired) electrons. The van der Waals surface area contributed by atoms with E-state index in [0.29, 0.717) is 0 Å². The first-order valence-electron chi connectivity index (χ1n) is 6.70. The van der Waals surface area contributed by atoms with Crippen molar-refractivity contribution < 1.29 is 4.74 Å². The number of ether oxygens (including phenoxy) is 1. The lowest BCUT2D eigenvalue weighted by molar-refractivity contribution is 0.124. The largest absolute Gasteiger partial charge is 0.497 e. The molecule has 100 valence electrons. The van der Waals surface area contributed by atoms with Crippen molar-refractivity contribution in [3.8, 4) is 5.75 Å². The lowest BCUT2D eigenvalue weighted by Crippen LogP contribution is -2.49. The third kappa shape index (κ3) is 2.52. The Morgan fingerprint density at radius 1 is 1.17 bits per heavy atom. The molecular formula is C15H24N2O. The first kappa shape index (κ1) is 13.4. The molecule has 1 aliphatic heterocycles. The third-order valence-corrected chi connectivity index (χ3v) is 4.16. The molecule has 2 N–H and O–H groups in total. The number of benzene rings is 1. The van der Waals surface area contributed by atoms with Crippen LogP contribution in [0.4, 0.5) is 0 Å². The molecule has 1 saturated heterocycles. The zero-order valence-electron chi connectivity index (χ0n) is 11.6. The van der Waals surface area contributed by atoms with Crippen LogP contribution < -0.4 is 10.5 Å². The minimum atomic E-state index is 0.00505. The zero-order valence-corrected chi connectivity index (χ0v) is 11.6. The Morgan fingerprint density at radius 2 is 1.72 bits per heavy atom. The molecule has 3 nitrogen and oxygen atoms in total. The Labute approximate surface area is 110 Å². The summed E-state index contributed by atoms with van der Waals surface area (Å²) in [6, 6.07) is 8.13. The van der Waals surface area contributed by atoms with Crippen molar-refractivity contribution in [3.63, 3.8) is 0 Å². The standard InChI is InChI=1S/C15H24N2O/c1-15(2,17-10-4-5-11-17)14(16)12-6-8-13(18-3)9-7-12/h6-9,14H,4-5,10-11,16H2,1-3H3. The van der Waals surface area contributed by atoms with Crippen LogP contribution in [0.2, 0.25) is 0 Å². The highest BCUT2D eigenvalue weighted by atomic mass is 16.5. The summed E-state index contributed by atoms with van der Waals surface area (Å²) >= 11 is 0. The van der Waals surface area contributed by atoms with E-state index in [1.165, 1.54) is 18.4 Å². The lowest BCUT2D eigenvalue weighted by Gasteiger charge is -2.40. The van der Waals surface area contributed by atoms with Crippen LogP contribution in [0.15, 0.2) is 24.3 Å². The van der Waals surface area contributed by atoms with Gasteiger partial charge in [0.25, 0.3) is 0 Å². The highest BCUT2D eigenvalue weighted by Gasteiger charge is 2.35. The van der Waals surface area contributed by atoms with Crippen LogP contribution in [-0.4, -0.2) is 30.6 Å². The Balaban J connectivity index is 2.15. The molecule has 1 unspecified atom stereocenters. The van der Waals surface area contributed by atoms with Gasteiger partial charge in [-0.2, -0.15) is 0 Å². The van der Waals surface area contributed by atoms with Gasteiger partial charge in [0, 0.05) is 11.6 Å². The van der Waals surface area contributed by atoms with E-state index in [-0.39, 0.29) is 11.6 Å². The lowest BCUT2D eigenvalue weighted by atomic mass is 9.88. The Hall–Kier alpha value is -1.06. The monoisotopic (exact) mass is 248 g/mol. The van der Waals surface area contributed by atoms with Crippen LogP contribution in [0.25, 0.3) is 0 Å². The van der Waals surface area contributed by atoms with Crippen LogP contribution in [0.1, 0.15) is 38.3 Å². The average molecular weight is 248 g/mol. The number of likely N-dealkylation sites (tertiary alicyclic amines) is 1. The maximum Gasteiger partial charge on any atom is 0.118 e. The molecule has 2 rings (SSSR count). The molecule has 1 atom stereocenters. The van der Waals surface area contributed by atoms with Gasteiger partial charge in [-0.05, 0) is 57.5 Å². The van der Waals surface area contributed by atoms with Crippen LogP contribution in [0.5, 0.6) is 5.75 Å². The quantitative estimate of drug-likeness (QED) is 0.890. The van der Waals surface area contributed by atoms with E-state index in [9.17, 15) is 0 Å². The topological polar surface area (TPSA) is 38.5 Å². The van der Waals surface area contributed by atoms with Crippen molar-refractivity contribution in [2.45, 2.75) is 38.3 Å². The van der Waals surface area contributed by atoms with Gasteiger partial charge < -0.3 is 10.5 Å². The molecule has 3 heteroatoms. The van der Waals surface area contributed by atoms with Crippen LogP contribution in [-0.2, 0) is 0 Å². The molecule has 0 amide bonds. The van der Waals surface area contributed by atoms with Gasteiger partial charge in [0.2, 0.25) is 0 Å². The van der Waals surface area contributed by atoms with Crippen molar-refractivity contribution in [2.75, 3.05) is 20.2 Å². The van der Waals surface area contributed by atoms with Crippen molar-refractivity contribution in [1.29, 1.82) is 0 Å². The fraction of sp³-hybridized carbons (Fsp3) is 0.600. The molecule has 1 heterocycles. The maximum absolute atomic E-state index is 6.46. The second kappa shape index (κ2) is 5.29. The summed E-state index contributed by atoms with van der Waals surface area (Å²) in [6.07, 6.45) is 2.58. The van der Waals surface area contributed by atoms with Gasteiger partial charge in [-0.25, -0.2) is 0 Å². The smallest absolute Gasteiger partial charge is 0.118 e. The molecule has 18 heavy (non-hydrogen) atoms. The number of hydrogen-bond acceptors (Lipinski definition) is 3.